The Labute approximate surface area is 163 Å². The molecule has 2 nitrogen and oxygen atoms in total. The Morgan fingerprint density at radius 3 is 1.77 bits per heavy atom. The monoisotopic (exact) mass is 362 g/mol. The van der Waals surface area contributed by atoms with E-state index in [-0.39, 0.29) is 5.54 Å². The number of hydrogen-bond donors (Lipinski definition) is 2. The molecule has 2 aliphatic carbocycles. The van der Waals surface area contributed by atoms with E-state index in [1.165, 1.54) is 77.3 Å². The van der Waals surface area contributed by atoms with Crippen LogP contribution in [0.25, 0.3) is 0 Å². The molecule has 1 aliphatic heterocycles. The molecular formula is C24H46N2. The third-order valence-corrected chi connectivity index (χ3v) is 8.29. The van der Waals surface area contributed by atoms with E-state index in [9.17, 15) is 0 Å². The van der Waals surface area contributed by atoms with Gasteiger partial charge in [0.25, 0.3) is 0 Å². The minimum atomic E-state index is 0.269. The largest absolute Gasteiger partial charge is 0.316 e. The van der Waals surface area contributed by atoms with Crippen LogP contribution >= 0.6 is 0 Å². The van der Waals surface area contributed by atoms with Crippen LogP contribution in [0.3, 0.4) is 0 Å². The first-order valence-corrected chi connectivity index (χ1v) is 11.8. The number of hydrogen-bond acceptors (Lipinski definition) is 2. The third-order valence-electron chi connectivity index (χ3n) is 8.29. The van der Waals surface area contributed by atoms with Crippen LogP contribution in [0.4, 0.5) is 0 Å². The summed E-state index contributed by atoms with van der Waals surface area (Å²) >= 11 is 0. The van der Waals surface area contributed by atoms with E-state index in [4.69, 9.17) is 0 Å². The normalized spacial score (nSPS) is 39.8. The topological polar surface area (TPSA) is 24.1 Å². The zero-order chi connectivity index (χ0) is 18.8. The van der Waals surface area contributed by atoms with Crippen LogP contribution in [0.1, 0.15) is 98.8 Å². The van der Waals surface area contributed by atoms with Gasteiger partial charge in [0.1, 0.15) is 0 Å². The van der Waals surface area contributed by atoms with Crippen molar-refractivity contribution in [2.24, 2.45) is 29.6 Å². The van der Waals surface area contributed by atoms with Gasteiger partial charge in [-0.3, -0.25) is 0 Å². The number of rotatable bonds is 6. The first-order valence-electron chi connectivity index (χ1n) is 11.8. The number of nitrogens with one attached hydrogen (secondary N) is 2. The Bertz CT molecular complexity index is 425. The van der Waals surface area contributed by atoms with Crippen molar-refractivity contribution >= 4 is 0 Å². The van der Waals surface area contributed by atoms with Gasteiger partial charge in [0.2, 0.25) is 0 Å². The fourth-order valence-electron chi connectivity index (χ4n) is 6.62. The average Bonchev–Trinajstić information content (AvgIpc) is 2.82. The van der Waals surface area contributed by atoms with Gasteiger partial charge in [0.15, 0.2) is 0 Å². The standard InChI is InChI=1S/C24H46N2/c1-6-18-7-11-20(12-8-18)21-13-9-19(10-14-21)16-25-17-22-15-23(2,3)26-24(22,4)5/h18-22,25-26H,6-17H2,1-5H3. The summed E-state index contributed by atoms with van der Waals surface area (Å²) in [5.41, 5.74) is 0.566. The summed E-state index contributed by atoms with van der Waals surface area (Å²) in [5, 5.41) is 7.68. The molecule has 1 heterocycles. The fourth-order valence-corrected chi connectivity index (χ4v) is 6.62. The molecule has 3 aliphatic rings. The average molecular weight is 363 g/mol. The van der Waals surface area contributed by atoms with Crippen LogP contribution < -0.4 is 10.6 Å². The minimum absolute atomic E-state index is 0.269. The molecule has 2 saturated carbocycles. The highest BCUT2D eigenvalue weighted by Crippen LogP contribution is 2.42. The lowest BCUT2D eigenvalue weighted by atomic mass is 9.69. The molecule has 0 bridgehead atoms. The summed E-state index contributed by atoms with van der Waals surface area (Å²) in [5.74, 6) is 4.86. The van der Waals surface area contributed by atoms with Gasteiger partial charge < -0.3 is 10.6 Å². The van der Waals surface area contributed by atoms with Gasteiger partial charge in [-0.25, -0.2) is 0 Å². The SMILES string of the molecule is CCC1CCC(C2CCC(CNCC3CC(C)(C)NC3(C)C)CC2)CC1. The molecule has 152 valence electrons. The van der Waals surface area contributed by atoms with Crippen molar-refractivity contribution in [2.45, 2.75) is 110 Å². The van der Waals surface area contributed by atoms with Crippen LogP contribution in [0.15, 0.2) is 0 Å². The molecule has 0 amide bonds. The van der Waals surface area contributed by atoms with Gasteiger partial charge in [-0.1, -0.05) is 26.2 Å². The summed E-state index contributed by atoms with van der Waals surface area (Å²) in [4.78, 5) is 0. The Kier molecular flexibility index (Phi) is 6.76. The lowest BCUT2D eigenvalue weighted by molar-refractivity contribution is 0.143. The summed E-state index contributed by atoms with van der Waals surface area (Å²) in [6.07, 6.45) is 14.8. The van der Waals surface area contributed by atoms with Crippen molar-refractivity contribution in [3.63, 3.8) is 0 Å². The molecule has 3 rings (SSSR count). The quantitative estimate of drug-likeness (QED) is 0.627. The summed E-state index contributed by atoms with van der Waals surface area (Å²) in [6, 6.07) is 0. The first-order chi connectivity index (χ1) is 12.3. The molecule has 1 saturated heterocycles. The van der Waals surface area contributed by atoms with E-state index in [0.717, 1.165) is 29.6 Å². The summed E-state index contributed by atoms with van der Waals surface area (Å²) in [7, 11) is 0. The zero-order valence-electron chi connectivity index (χ0n) is 18.4. The summed E-state index contributed by atoms with van der Waals surface area (Å²) < 4.78 is 0. The maximum absolute atomic E-state index is 3.86. The Balaban J connectivity index is 1.33. The highest BCUT2D eigenvalue weighted by molar-refractivity contribution is 5.03. The maximum Gasteiger partial charge on any atom is 0.0171 e. The van der Waals surface area contributed by atoms with Crippen molar-refractivity contribution in [1.82, 2.24) is 10.6 Å². The van der Waals surface area contributed by atoms with E-state index in [0.29, 0.717) is 5.54 Å². The molecule has 0 aromatic carbocycles. The van der Waals surface area contributed by atoms with E-state index >= 15 is 0 Å². The Morgan fingerprint density at radius 2 is 1.31 bits per heavy atom. The van der Waals surface area contributed by atoms with Crippen molar-refractivity contribution in [2.75, 3.05) is 13.1 Å². The van der Waals surface area contributed by atoms with E-state index in [1.54, 1.807) is 0 Å². The van der Waals surface area contributed by atoms with Gasteiger partial charge in [0.05, 0.1) is 0 Å². The van der Waals surface area contributed by atoms with Crippen molar-refractivity contribution in [1.29, 1.82) is 0 Å². The second kappa shape index (κ2) is 8.52. The Hall–Kier alpha value is -0.0800. The highest BCUT2D eigenvalue weighted by atomic mass is 15.1. The molecule has 0 aromatic heterocycles. The van der Waals surface area contributed by atoms with Gasteiger partial charge in [-0.15, -0.1) is 0 Å². The van der Waals surface area contributed by atoms with Crippen LogP contribution in [0, 0.1) is 29.6 Å². The molecule has 0 aromatic rings. The van der Waals surface area contributed by atoms with Gasteiger partial charge >= 0.3 is 0 Å². The summed E-state index contributed by atoms with van der Waals surface area (Å²) in [6.45, 7) is 14.3. The second-order valence-corrected chi connectivity index (χ2v) is 11.3. The first kappa shape index (κ1) is 20.6. The van der Waals surface area contributed by atoms with Gasteiger partial charge in [0, 0.05) is 11.1 Å². The molecule has 2 heteroatoms. The molecule has 2 N–H and O–H groups in total. The predicted molar refractivity (Wildman–Crippen MR) is 113 cm³/mol. The van der Waals surface area contributed by atoms with Gasteiger partial charge in [-0.2, -0.15) is 0 Å². The minimum Gasteiger partial charge on any atom is -0.316 e. The molecule has 3 fully saturated rings. The van der Waals surface area contributed by atoms with Crippen LogP contribution in [-0.4, -0.2) is 24.2 Å². The maximum atomic E-state index is 3.86. The molecular weight excluding hydrogens is 316 g/mol. The molecule has 0 spiro atoms. The molecule has 0 radical (unpaired) electrons. The highest BCUT2D eigenvalue weighted by Gasteiger charge is 2.43. The van der Waals surface area contributed by atoms with E-state index in [2.05, 4.69) is 45.3 Å². The zero-order valence-corrected chi connectivity index (χ0v) is 18.4. The second-order valence-electron chi connectivity index (χ2n) is 11.3. The van der Waals surface area contributed by atoms with Crippen LogP contribution in [0.2, 0.25) is 0 Å². The Morgan fingerprint density at radius 1 is 0.769 bits per heavy atom. The molecule has 26 heavy (non-hydrogen) atoms. The molecule has 1 unspecified atom stereocenters. The lowest BCUT2D eigenvalue weighted by Gasteiger charge is -2.38. The van der Waals surface area contributed by atoms with Crippen molar-refractivity contribution < 1.29 is 0 Å². The fraction of sp³-hybridized carbons (Fsp3) is 1.00. The third kappa shape index (κ3) is 5.25. The van der Waals surface area contributed by atoms with Gasteiger partial charge in [-0.05, 0) is 115 Å². The lowest BCUT2D eigenvalue weighted by Crippen LogP contribution is -2.47. The van der Waals surface area contributed by atoms with Crippen molar-refractivity contribution in [3.05, 3.63) is 0 Å². The smallest absolute Gasteiger partial charge is 0.0171 e. The van der Waals surface area contributed by atoms with Crippen LogP contribution in [-0.2, 0) is 0 Å². The molecule has 1 atom stereocenters. The van der Waals surface area contributed by atoms with Crippen molar-refractivity contribution in [3.8, 4) is 0 Å². The van der Waals surface area contributed by atoms with Crippen LogP contribution in [0.5, 0.6) is 0 Å². The predicted octanol–water partition coefficient (Wildman–Crippen LogP) is 5.77. The van der Waals surface area contributed by atoms with E-state index in [1.807, 2.05) is 0 Å². The van der Waals surface area contributed by atoms with E-state index < -0.39 is 0 Å².